The van der Waals surface area contributed by atoms with Crippen LogP contribution in [0.15, 0.2) is 0 Å². The lowest BCUT2D eigenvalue weighted by Gasteiger charge is -2.24. The highest BCUT2D eigenvalue weighted by molar-refractivity contribution is 5.86. The number of carboxylic acids is 1. The van der Waals surface area contributed by atoms with Gasteiger partial charge in [-0.15, -0.1) is 5.10 Å². The Hall–Kier alpha value is -1.43. The summed E-state index contributed by atoms with van der Waals surface area (Å²) in [6, 6.07) is 0. The molecule has 1 saturated heterocycles. The van der Waals surface area contributed by atoms with Crippen LogP contribution in [0.25, 0.3) is 0 Å². The molecule has 6 nitrogen and oxygen atoms in total. The molecule has 0 spiro atoms. The predicted molar refractivity (Wildman–Crippen MR) is 39.0 cm³/mol. The van der Waals surface area contributed by atoms with Crippen LogP contribution in [0.3, 0.4) is 0 Å². The average Bonchev–Trinajstić information content (AvgIpc) is 2.31. The Balaban J connectivity index is 2.29. The van der Waals surface area contributed by atoms with E-state index in [4.69, 9.17) is 5.11 Å². The molecule has 0 atom stereocenters. The predicted octanol–water partition coefficient (Wildman–Crippen LogP) is -0.810. The number of H-pyrrole nitrogens is 1. The van der Waals surface area contributed by atoms with Crippen molar-refractivity contribution in [3.63, 3.8) is 0 Å². The second-order valence-electron chi connectivity index (χ2n) is 2.72. The van der Waals surface area contributed by atoms with Gasteiger partial charge in [0.05, 0.1) is 0 Å². The largest absolute Gasteiger partial charge is 0.476 e. The maximum absolute atomic E-state index is 10.6. The SMILES string of the molecule is O=C(O)c1n[nH]nc1C1CNC1. The first-order valence-electron chi connectivity index (χ1n) is 3.63. The van der Waals surface area contributed by atoms with Gasteiger partial charge < -0.3 is 10.4 Å². The molecular weight excluding hydrogens is 160 g/mol. The van der Waals surface area contributed by atoms with E-state index in [1.807, 2.05) is 0 Å². The molecule has 2 rings (SSSR count). The minimum Gasteiger partial charge on any atom is -0.476 e. The Morgan fingerprint density at radius 1 is 1.50 bits per heavy atom. The van der Waals surface area contributed by atoms with Crippen LogP contribution in [0.1, 0.15) is 22.1 Å². The van der Waals surface area contributed by atoms with Crippen LogP contribution in [0, 0.1) is 0 Å². The molecule has 1 aliphatic rings. The van der Waals surface area contributed by atoms with E-state index in [0.29, 0.717) is 5.69 Å². The van der Waals surface area contributed by atoms with Crippen LogP contribution < -0.4 is 5.32 Å². The fourth-order valence-corrected chi connectivity index (χ4v) is 1.16. The van der Waals surface area contributed by atoms with Crippen LogP contribution in [0.2, 0.25) is 0 Å². The number of carbonyl (C=O) groups is 1. The van der Waals surface area contributed by atoms with E-state index >= 15 is 0 Å². The van der Waals surface area contributed by atoms with E-state index in [1.54, 1.807) is 0 Å². The van der Waals surface area contributed by atoms with E-state index in [9.17, 15) is 4.79 Å². The average molecular weight is 168 g/mol. The molecule has 1 aromatic rings. The molecule has 0 aliphatic carbocycles. The van der Waals surface area contributed by atoms with Crippen molar-refractivity contribution in [2.24, 2.45) is 0 Å². The number of aromatic nitrogens is 3. The smallest absolute Gasteiger partial charge is 0.358 e. The summed E-state index contributed by atoms with van der Waals surface area (Å²) >= 11 is 0. The van der Waals surface area contributed by atoms with Gasteiger partial charge in [-0.3, -0.25) is 0 Å². The summed E-state index contributed by atoms with van der Waals surface area (Å²) < 4.78 is 0. The lowest BCUT2D eigenvalue weighted by atomic mass is 9.98. The molecule has 0 radical (unpaired) electrons. The van der Waals surface area contributed by atoms with Crippen molar-refractivity contribution in [3.05, 3.63) is 11.4 Å². The summed E-state index contributed by atoms with van der Waals surface area (Å²) in [5, 5.41) is 21.4. The molecule has 2 heterocycles. The van der Waals surface area contributed by atoms with Gasteiger partial charge in [0, 0.05) is 19.0 Å². The third-order valence-corrected chi connectivity index (χ3v) is 1.95. The Bertz CT molecular complexity index is 304. The zero-order valence-corrected chi connectivity index (χ0v) is 6.24. The monoisotopic (exact) mass is 168 g/mol. The van der Waals surface area contributed by atoms with Gasteiger partial charge in [0.15, 0.2) is 5.69 Å². The molecule has 3 N–H and O–H groups in total. The Morgan fingerprint density at radius 2 is 2.25 bits per heavy atom. The number of hydrogen-bond donors (Lipinski definition) is 3. The zero-order valence-electron chi connectivity index (χ0n) is 6.24. The second kappa shape index (κ2) is 2.56. The first-order valence-corrected chi connectivity index (χ1v) is 3.63. The van der Waals surface area contributed by atoms with E-state index in [2.05, 4.69) is 20.7 Å². The van der Waals surface area contributed by atoms with Crippen molar-refractivity contribution in [1.29, 1.82) is 0 Å². The van der Waals surface area contributed by atoms with Crippen molar-refractivity contribution in [1.82, 2.24) is 20.7 Å². The van der Waals surface area contributed by atoms with Gasteiger partial charge in [0.25, 0.3) is 0 Å². The molecule has 1 fully saturated rings. The summed E-state index contributed by atoms with van der Waals surface area (Å²) in [5.41, 5.74) is 0.600. The maximum atomic E-state index is 10.6. The van der Waals surface area contributed by atoms with Gasteiger partial charge in [-0.1, -0.05) is 0 Å². The summed E-state index contributed by atoms with van der Waals surface area (Å²) in [5.74, 6) is -0.819. The van der Waals surface area contributed by atoms with E-state index in [1.165, 1.54) is 0 Å². The number of rotatable bonds is 2. The van der Waals surface area contributed by atoms with Gasteiger partial charge in [0.1, 0.15) is 5.69 Å². The van der Waals surface area contributed by atoms with Crippen LogP contribution in [-0.4, -0.2) is 39.6 Å². The highest BCUT2D eigenvalue weighted by Crippen LogP contribution is 2.19. The molecule has 64 valence electrons. The molecule has 0 bridgehead atoms. The third-order valence-electron chi connectivity index (χ3n) is 1.95. The van der Waals surface area contributed by atoms with Crippen molar-refractivity contribution >= 4 is 5.97 Å². The molecule has 0 saturated carbocycles. The van der Waals surface area contributed by atoms with Crippen molar-refractivity contribution in [2.75, 3.05) is 13.1 Å². The topological polar surface area (TPSA) is 90.9 Å². The summed E-state index contributed by atoms with van der Waals surface area (Å²) in [4.78, 5) is 10.6. The molecule has 0 unspecified atom stereocenters. The molecule has 0 amide bonds. The minimum atomic E-state index is -1.02. The summed E-state index contributed by atoms with van der Waals surface area (Å²) in [6.07, 6.45) is 0. The number of aromatic amines is 1. The summed E-state index contributed by atoms with van der Waals surface area (Å²) in [6.45, 7) is 1.57. The third kappa shape index (κ3) is 0.964. The quantitative estimate of drug-likeness (QED) is 0.537. The van der Waals surface area contributed by atoms with Gasteiger partial charge in [-0.25, -0.2) is 4.79 Å². The zero-order chi connectivity index (χ0) is 8.55. The van der Waals surface area contributed by atoms with E-state index < -0.39 is 5.97 Å². The first kappa shape index (κ1) is 7.23. The normalized spacial score (nSPS) is 17.3. The Morgan fingerprint density at radius 3 is 2.75 bits per heavy atom. The summed E-state index contributed by atoms with van der Waals surface area (Å²) in [7, 11) is 0. The van der Waals surface area contributed by atoms with Crippen LogP contribution >= 0.6 is 0 Å². The van der Waals surface area contributed by atoms with Crippen molar-refractivity contribution < 1.29 is 9.90 Å². The fraction of sp³-hybridized carbons (Fsp3) is 0.500. The minimum absolute atomic E-state index is 0.0431. The standard InChI is InChI=1S/C6H8N4O2/c11-6(12)5-4(8-10-9-5)3-1-7-2-3/h3,7H,1-2H2,(H,11,12)(H,8,9,10). The van der Waals surface area contributed by atoms with E-state index in [0.717, 1.165) is 13.1 Å². The Labute approximate surface area is 68.0 Å². The second-order valence-corrected chi connectivity index (χ2v) is 2.72. The molecule has 6 heteroatoms. The van der Waals surface area contributed by atoms with Crippen LogP contribution in [-0.2, 0) is 0 Å². The van der Waals surface area contributed by atoms with Crippen LogP contribution in [0.4, 0.5) is 0 Å². The molecule has 12 heavy (non-hydrogen) atoms. The molecule has 1 aliphatic heterocycles. The fourth-order valence-electron chi connectivity index (χ4n) is 1.16. The number of aromatic carboxylic acids is 1. The van der Waals surface area contributed by atoms with E-state index in [-0.39, 0.29) is 11.6 Å². The molecular formula is C6H8N4O2. The van der Waals surface area contributed by atoms with Crippen LogP contribution in [0.5, 0.6) is 0 Å². The number of nitrogens with zero attached hydrogens (tertiary/aromatic N) is 2. The maximum Gasteiger partial charge on any atom is 0.358 e. The lowest BCUT2D eigenvalue weighted by Crippen LogP contribution is -2.40. The molecule has 1 aromatic heterocycles. The number of nitrogens with one attached hydrogen (secondary N) is 2. The lowest BCUT2D eigenvalue weighted by molar-refractivity contribution is 0.0688. The Kier molecular flexibility index (Phi) is 1.54. The van der Waals surface area contributed by atoms with Gasteiger partial charge >= 0.3 is 5.97 Å². The number of hydrogen-bond acceptors (Lipinski definition) is 4. The molecule has 0 aromatic carbocycles. The van der Waals surface area contributed by atoms with Crippen molar-refractivity contribution in [3.8, 4) is 0 Å². The highest BCUT2D eigenvalue weighted by atomic mass is 16.4. The highest BCUT2D eigenvalue weighted by Gasteiger charge is 2.27. The first-order chi connectivity index (χ1) is 5.79. The van der Waals surface area contributed by atoms with Crippen molar-refractivity contribution in [2.45, 2.75) is 5.92 Å². The van der Waals surface area contributed by atoms with Gasteiger partial charge in [-0.05, 0) is 0 Å². The van der Waals surface area contributed by atoms with Gasteiger partial charge in [-0.2, -0.15) is 10.3 Å². The van der Waals surface area contributed by atoms with Gasteiger partial charge in [0.2, 0.25) is 0 Å². The number of carboxylic acid groups (broad SMARTS) is 1.